The molecule has 3 aromatic rings. The van der Waals surface area contributed by atoms with Crippen molar-refractivity contribution in [2.24, 2.45) is 4.99 Å². The smallest absolute Gasteiger partial charge is 0.329 e. The summed E-state index contributed by atoms with van der Waals surface area (Å²) >= 11 is 0. The van der Waals surface area contributed by atoms with Gasteiger partial charge in [-0.25, -0.2) is 9.98 Å². The zero-order valence-corrected chi connectivity index (χ0v) is 15.1. The molecule has 0 aliphatic heterocycles. The number of methoxy groups -OCH3 is 1. The number of ether oxygens (including phenoxy) is 1. The van der Waals surface area contributed by atoms with Crippen LogP contribution >= 0.6 is 0 Å². The van der Waals surface area contributed by atoms with Crippen molar-refractivity contribution in [2.45, 2.75) is 13.5 Å². The molecule has 27 heavy (non-hydrogen) atoms. The lowest BCUT2D eigenvalue weighted by molar-refractivity contribution is -0.145. The van der Waals surface area contributed by atoms with Crippen LogP contribution in [0.5, 0.6) is 5.75 Å². The van der Waals surface area contributed by atoms with Crippen molar-refractivity contribution in [3.8, 4) is 5.75 Å². The van der Waals surface area contributed by atoms with Crippen molar-refractivity contribution in [2.75, 3.05) is 12.4 Å². The number of para-hydroxylation sites is 2. The zero-order valence-electron chi connectivity index (χ0n) is 15.1. The molecule has 0 radical (unpaired) electrons. The highest BCUT2D eigenvalue weighted by Gasteiger charge is 2.06. The number of carbonyl (C=O) groups is 1. The predicted octanol–water partition coefficient (Wildman–Crippen LogP) is 3.28. The van der Waals surface area contributed by atoms with Crippen molar-refractivity contribution in [3.05, 3.63) is 66.2 Å². The van der Waals surface area contributed by atoms with Crippen molar-refractivity contribution < 1.29 is 14.4 Å². The maximum Gasteiger partial charge on any atom is 0.329 e. The van der Waals surface area contributed by atoms with Crippen LogP contribution in [-0.4, -0.2) is 24.0 Å². The second-order valence-corrected chi connectivity index (χ2v) is 5.69. The summed E-state index contributed by atoms with van der Waals surface area (Å²) in [4.78, 5) is 25.0. The van der Waals surface area contributed by atoms with Crippen molar-refractivity contribution in [1.82, 2.24) is 10.5 Å². The van der Waals surface area contributed by atoms with Crippen LogP contribution in [-0.2, 0) is 16.2 Å². The molecule has 1 aromatic heterocycles. The molecule has 0 atom stereocenters. The third-order valence-electron chi connectivity index (χ3n) is 3.74. The Morgan fingerprint density at radius 2 is 1.85 bits per heavy atom. The normalized spacial score (nSPS) is 11.1. The maximum atomic E-state index is 11.1. The van der Waals surface area contributed by atoms with E-state index < -0.39 is 5.97 Å². The van der Waals surface area contributed by atoms with Crippen LogP contribution in [0.25, 0.3) is 10.9 Å². The van der Waals surface area contributed by atoms with Gasteiger partial charge in [-0.15, -0.1) is 0 Å². The summed E-state index contributed by atoms with van der Waals surface area (Å²) in [5, 5.41) is 4.08. The summed E-state index contributed by atoms with van der Waals surface area (Å²) < 4.78 is 5.33. The quantitative estimate of drug-likeness (QED) is 0.420. The first kappa shape index (κ1) is 18.2. The number of benzene rings is 2. The Hall–Kier alpha value is -3.61. The van der Waals surface area contributed by atoms with E-state index >= 15 is 0 Å². The van der Waals surface area contributed by atoms with Crippen LogP contribution in [0.15, 0.2) is 65.7 Å². The number of nitrogens with zero attached hydrogens (tertiary/aromatic N) is 2. The minimum atomic E-state index is -0.478. The van der Waals surface area contributed by atoms with Gasteiger partial charge in [0.25, 0.3) is 0 Å². The number of hydrogen-bond donors (Lipinski definition) is 2. The number of fused-ring (bicyclic) bond motifs is 1. The first-order valence-corrected chi connectivity index (χ1v) is 8.38. The molecule has 0 aliphatic rings. The molecule has 1 heterocycles. The molecule has 0 saturated carbocycles. The number of rotatable bonds is 4. The SMILES string of the molecule is COc1ccccc1CN=C(NOC(C)=O)Nc1ccc2ccccc2n1. The van der Waals surface area contributed by atoms with Crippen molar-refractivity contribution in [3.63, 3.8) is 0 Å². The Kier molecular flexibility index (Phi) is 5.84. The van der Waals surface area contributed by atoms with E-state index in [1.54, 1.807) is 7.11 Å². The summed E-state index contributed by atoms with van der Waals surface area (Å²) in [5.41, 5.74) is 4.28. The van der Waals surface area contributed by atoms with Crippen LogP contribution in [0.2, 0.25) is 0 Å². The molecular weight excluding hydrogens is 344 g/mol. The van der Waals surface area contributed by atoms with Crippen molar-refractivity contribution >= 4 is 28.6 Å². The molecule has 0 amide bonds. The van der Waals surface area contributed by atoms with E-state index in [2.05, 4.69) is 20.8 Å². The summed E-state index contributed by atoms with van der Waals surface area (Å²) in [5.74, 6) is 1.09. The predicted molar refractivity (Wildman–Crippen MR) is 104 cm³/mol. The zero-order chi connectivity index (χ0) is 19.1. The molecule has 0 aliphatic carbocycles. The topological polar surface area (TPSA) is 84.8 Å². The van der Waals surface area contributed by atoms with Gasteiger partial charge in [-0.05, 0) is 24.3 Å². The number of hydroxylamine groups is 1. The molecule has 0 saturated heterocycles. The van der Waals surface area contributed by atoms with Gasteiger partial charge in [0.15, 0.2) is 0 Å². The number of carbonyl (C=O) groups excluding carboxylic acids is 1. The molecule has 138 valence electrons. The van der Waals surface area contributed by atoms with Crippen LogP contribution in [0.4, 0.5) is 5.82 Å². The second-order valence-electron chi connectivity index (χ2n) is 5.69. The van der Waals surface area contributed by atoms with Gasteiger partial charge in [0.05, 0.1) is 19.2 Å². The molecule has 0 fully saturated rings. The number of anilines is 1. The van der Waals surface area contributed by atoms with Gasteiger partial charge in [0, 0.05) is 17.9 Å². The molecule has 7 nitrogen and oxygen atoms in total. The van der Waals surface area contributed by atoms with E-state index in [0.717, 1.165) is 22.2 Å². The first-order chi connectivity index (χ1) is 13.2. The molecule has 0 bridgehead atoms. The fourth-order valence-corrected chi connectivity index (χ4v) is 2.47. The van der Waals surface area contributed by atoms with Crippen LogP contribution in [0.1, 0.15) is 12.5 Å². The fourth-order valence-electron chi connectivity index (χ4n) is 2.47. The van der Waals surface area contributed by atoms with Gasteiger partial charge in [-0.3, -0.25) is 4.79 Å². The Morgan fingerprint density at radius 1 is 1.07 bits per heavy atom. The van der Waals surface area contributed by atoms with Gasteiger partial charge in [0.2, 0.25) is 5.96 Å². The highest BCUT2D eigenvalue weighted by molar-refractivity contribution is 5.94. The van der Waals surface area contributed by atoms with Crippen LogP contribution in [0, 0.1) is 0 Å². The summed E-state index contributed by atoms with van der Waals surface area (Å²) in [7, 11) is 1.61. The summed E-state index contributed by atoms with van der Waals surface area (Å²) in [6.07, 6.45) is 0. The Balaban J connectivity index is 1.82. The summed E-state index contributed by atoms with van der Waals surface area (Å²) in [6, 6.07) is 19.2. The molecular formula is C20H20N4O3. The van der Waals surface area contributed by atoms with Crippen LogP contribution in [0.3, 0.4) is 0 Å². The van der Waals surface area contributed by atoms with E-state index in [0.29, 0.717) is 12.4 Å². The highest BCUT2D eigenvalue weighted by Crippen LogP contribution is 2.18. The standard InChI is InChI=1S/C20H20N4O3/c1-14(25)27-24-20(21-13-16-8-4-6-10-18(16)26-2)23-19-12-11-15-7-3-5-9-17(15)22-19/h3-12H,13H2,1-2H3,(H2,21,22,23,24). The Morgan fingerprint density at radius 3 is 2.67 bits per heavy atom. The fraction of sp³-hybridized carbons (Fsp3) is 0.150. The average Bonchev–Trinajstić information content (AvgIpc) is 2.70. The second kappa shape index (κ2) is 8.66. The van der Waals surface area contributed by atoms with Crippen molar-refractivity contribution in [1.29, 1.82) is 0 Å². The monoisotopic (exact) mass is 364 g/mol. The lowest BCUT2D eigenvalue weighted by Crippen LogP contribution is -2.32. The number of guanidine groups is 1. The molecule has 3 rings (SSSR count). The number of aromatic nitrogens is 1. The third-order valence-corrected chi connectivity index (χ3v) is 3.74. The lowest BCUT2D eigenvalue weighted by atomic mass is 10.2. The van der Waals surface area contributed by atoms with E-state index in [1.807, 2.05) is 60.7 Å². The molecule has 2 N–H and O–H groups in total. The highest BCUT2D eigenvalue weighted by atomic mass is 16.7. The number of aliphatic imine (C=N–C) groups is 1. The van der Waals surface area contributed by atoms with Crippen LogP contribution < -0.4 is 15.5 Å². The van der Waals surface area contributed by atoms with Gasteiger partial charge in [-0.1, -0.05) is 36.4 Å². The lowest BCUT2D eigenvalue weighted by Gasteiger charge is -2.12. The molecule has 0 unspecified atom stereocenters. The number of nitrogens with one attached hydrogen (secondary N) is 2. The Labute approximate surface area is 157 Å². The largest absolute Gasteiger partial charge is 0.496 e. The number of pyridine rings is 1. The molecule has 7 heteroatoms. The van der Waals surface area contributed by atoms with Gasteiger partial charge < -0.3 is 14.9 Å². The molecule has 0 spiro atoms. The maximum absolute atomic E-state index is 11.1. The third kappa shape index (κ3) is 4.94. The van der Waals surface area contributed by atoms with Gasteiger partial charge >= 0.3 is 5.97 Å². The minimum absolute atomic E-state index is 0.263. The molecule has 2 aromatic carbocycles. The van der Waals surface area contributed by atoms with E-state index in [4.69, 9.17) is 9.57 Å². The van der Waals surface area contributed by atoms with Gasteiger partial charge in [0.1, 0.15) is 11.6 Å². The summed E-state index contributed by atoms with van der Waals surface area (Å²) in [6.45, 7) is 1.63. The minimum Gasteiger partial charge on any atom is -0.496 e. The van der Waals surface area contributed by atoms with E-state index in [-0.39, 0.29) is 5.96 Å². The first-order valence-electron chi connectivity index (χ1n) is 8.38. The van der Waals surface area contributed by atoms with E-state index in [9.17, 15) is 4.79 Å². The average molecular weight is 364 g/mol. The number of hydrogen-bond acceptors (Lipinski definition) is 5. The Bertz CT molecular complexity index is 972. The van der Waals surface area contributed by atoms with E-state index in [1.165, 1.54) is 6.92 Å². The van der Waals surface area contributed by atoms with Gasteiger partial charge in [-0.2, -0.15) is 5.48 Å².